The van der Waals surface area contributed by atoms with Crippen molar-refractivity contribution in [2.24, 2.45) is 17.6 Å². The number of nitrogens with two attached hydrogens (primary N) is 1. The van der Waals surface area contributed by atoms with Crippen LogP contribution in [-0.2, 0) is 4.79 Å². The molecule has 24 heavy (non-hydrogen) atoms. The molecule has 4 N–H and O–H groups in total. The van der Waals surface area contributed by atoms with Crippen molar-refractivity contribution in [3.8, 4) is 5.75 Å². The van der Waals surface area contributed by atoms with Crippen molar-refractivity contribution in [3.63, 3.8) is 0 Å². The fourth-order valence-electron chi connectivity index (χ4n) is 3.02. The third-order valence-electron chi connectivity index (χ3n) is 4.34. The summed E-state index contributed by atoms with van der Waals surface area (Å²) >= 11 is 0. The van der Waals surface area contributed by atoms with Crippen molar-refractivity contribution in [1.82, 2.24) is 10.6 Å². The normalized spacial score (nSPS) is 19.2. The van der Waals surface area contributed by atoms with Crippen molar-refractivity contribution in [1.29, 1.82) is 0 Å². The second-order valence-electron chi connectivity index (χ2n) is 5.81. The average Bonchev–Trinajstić information content (AvgIpc) is 3.07. The van der Waals surface area contributed by atoms with E-state index in [1.54, 1.807) is 31.4 Å². The minimum Gasteiger partial charge on any atom is -0.497 e. The highest BCUT2D eigenvalue weighted by atomic mass is 35.5. The molecule has 1 aliphatic carbocycles. The monoisotopic (exact) mass is 355 g/mol. The highest BCUT2D eigenvalue weighted by molar-refractivity contribution is 5.94. The summed E-state index contributed by atoms with van der Waals surface area (Å²) in [5.41, 5.74) is 6.23. The van der Waals surface area contributed by atoms with E-state index in [9.17, 15) is 9.59 Å². The van der Waals surface area contributed by atoms with Gasteiger partial charge in [-0.2, -0.15) is 0 Å². The zero-order chi connectivity index (χ0) is 16.7. The molecule has 1 aromatic rings. The van der Waals surface area contributed by atoms with Gasteiger partial charge in [0.15, 0.2) is 0 Å². The van der Waals surface area contributed by atoms with E-state index >= 15 is 0 Å². The van der Waals surface area contributed by atoms with E-state index in [4.69, 9.17) is 10.5 Å². The lowest BCUT2D eigenvalue weighted by molar-refractivity contribution is -0.125. The molecule has 0 saturated heterocycles. The first-order chi connectivity index (χ1) is 11.2. The van der Waals surface area contributed by atoms with E-state index in [1.807, 2.05) is 0 Å². The number of halogens is 1. The SMILES string of the molecule is COc1cccc(C(=O)NCCNC(=O)[C@@H]2CCC[C@@H]2CN)c1.Cl. The number of nitrogens with one attached hydrogen (secondary N) is 2. The molecule has 0 aliphatic heterocycles. The number of carbonyl (C=O) groups excluding carboxylic acids is 2. The number of amides is 2. The summed E-state index contributed by atoms with van der Waals surface area (Å²) in [5, 5.41) is 5.67. The van der Waals surface area contributed by atoms with Crippen molar-refractivity contribution >= 4 is 24.2 Å². The quantitative estimate of drug-likeness (QED) is 0.643. The van der Waals surface area contributed by atoms with Gasteiger partial charge in [0.25, 0.3) is 5.91 Å². The fourth-order valence-corrected chi connectivity index (χ4v) is 3.02. The summed E-state index contributed by atoms with van der Waals surface area (Å²) in [4.78, 5) is 24.1. The number of rotatable bonds is 7. The van der Waals surface area contributed by atoms with Crippen LogP contribution in [0, 0.1) is 11.8 Å². The Morgan fingerprint density at radius 2 is 2.00 bits per heavy atom. The molecule has 0 heterocycles. The predicted molar refractivity (Wildman–Crippen MR) is 95.5 cm³/mol. The molecule has 0 spiro atoms. The minimum absolute atomic E-state index is 0. The topological polar surface area (TPSA) is 93.5 Å². The zero-order valence-corrected chi connectivity index (χ0v) is 14.7. The van der Waals surface area contributed by atoms with Crippen LogP contribution >= 0.6 is 12.4 Å². The lowest BCUT2D eigenvalue weighted by Gasteiger charge is -2.17. The Labute approximate surface area is 148 Å². The lowest BCUT2D eigenvalue weighted by atomic mass is 9.95. The zero-order valence-electron chi connectivity index (χ0n) is 13.9. The maximum absolute atomic E-state index is 12.1. The first-order valence-electron chi connectivity index (χ1n) is 8.05. The predicted octanol–water partition coefficient (Wildman–Crippen LogP) is 1.34. The van der Waals surface area contributed by atoms with Crippen LogP contribution in [0.3, 0.4) is 0 Å². The maximum atomic E-state index is 12.1. The molecule has 0 unspecified atom stereocenters. The molecule has 2 rings (SSSR count). The van der Waals surface area contributed by atoms with Crippen molar-refractivity contribution in [2.75, 3.05) is 26.7 Å². The first kappa shape index (κ1) is 20.3. The summed E-state index contributed by atoms with van der Waals surface area (Å²) in [6.45, 7) is 1.37. The Morgan fingerprint density at radius 1 is 1.25 bits per heavy atom. The Bertz CT molecular complexity index is 554. The van der Waals surface area contributed by atoms with Crippen LogP contribution in [0.4, 0.5) is 0 Å². The van der Waals surface area contributed by atoms with Gasteiger partial charge >= 0.3 is 0 Å². The second kappa shape index (κ2) is 10.2. The lowest BCUT2D eigenvalue weighted by Crippen LogP contribution is -2.39. The Hall–Kier alpha value is -1.79. The summed E-state index contributed by atoms with van der Waals surface area (Å²) < 4.78 is 5.09. The van der Waals surface area contributed by atoms with E-state index < -0.39 is 0 Å². The maximum Gasteiger partial charge on any atom is 0.251 e. The molecule has 2 amide bonds. The van der Waals surface area contributed by atoms with Gasteiger partial charge in [-0.1, -0.05) is 12.5 Å². The molecule has 1 fully saturated rings. The molecular formula is C17H26ClN3O3. The summed E-state index contributed by atoms with van der Waals surface area (Å²) in [6, 6.07) is 6.95. The van der Waals surface area contributed by atoms with Gasteiger partial charge in [0, 0.05) is 24.6 Å². The summed E-state index contributed by atoms with van der Waals surface area (Å²) in [7, 11) is 1.56. The number of hydrogen-bond donors (Lipinski definition) is 3. The van der Waals surface area contributed by atoms with Crippen LogP contribution in [0.25, 0.3) is 0 Å². The van der Waals surface area contributed by atoms with Gasteiger partial charge in [0.1, 0.15) is 5.75 Å². The van der Waals surface area contributed by atoms with Crippen LogP contribution in [0.15, 0.2) is 24.3 Å². The smallest absolute Gasteiger partial charge is 0.251 e. The van der Waals surface area contributed by atoms with Crippen LogP contribution in [0.5, 0.6) is 5.75 Å². The molecular weight excluding hydrogens is 330 g/mol. The molecule has 1 aromatic carbocycles. The number of ether oxygens (including phenoxy) is 1. The van der Waals surface area contributed by atoms with Crippen LogP contribution in [-0.4, -0.2) is 38.6 Å². The number of carbonyl (C=O) groups is 2. The third-order valence-corrected chi connectivity index (χ3v) is 4.34. The molecule has 2 atom stereocenters. The molecule has 134 valence electrons. The van der Waals surface area contributed by atoms with E-state index in [0.29, 0.717) is 36.9 Å². The minimum atomic E-state index is -0.182. The van der Waals surface area contributed by atoms with Gasteiger partial charge in [-0.25, -0.2) is 0 Å². The molecule has 0 bridgehead atoms. The Morgan fingerprint density at radius 3 is 2.71 bits per heavy atom. The van der Waals surface area contributed by atoms with Gasteiger partial charge < -0.3 is 21.1 Å². The van der Waals surface area contributed by atoms with Gasteiger partial charge in [0.2, 0.25) is 5.91 Å². The van der Waals surface area contributed by atoms with Gasteiger partial charge in [-0.15, -0.1) is 12.4 Å². The molecule has 0 radical (unpaired) electrons. The molecule has 1 saturated carbocycles. The number of hydrogen-bond acceptors (Lipinski definition) is 4. The average molecular weight is 356 g/mol. The second-order valence-corrected chi connectivity index (χ2v) is 5.81. The largest absolute Gasteiger partial charge is 0.497 e. The highest BCUT2D eigenvalue weighted by Crippen LogP contribution is 2.30. The van der Waals surface area contributed by atoms with E-state index in [-0.39, 0.29) is 30.1 Å². The third kappa shape index (κ3) is 5.39. The molecule has 6 nitrogen and oxygen atoms in total. The standard InChI is InChI=1S/C17H25N3O3.ClH/c1-23-14-6-2-4-12(10-14)16(21)19-8-9-20-17(22)15-7-3-5-13(15)11-18;/h2,4,6,10,13,15H,3,5,7-9,11,18H2,1H3,(H,19,21)(H,20,22);1H/t13-,15-;/m1./s1. The van der Waals surface area contributed by atoms with Crippen molar-refractivity contribution in [2.45, 2.75) is 19.3 Å². The summed E-state index contributed by atoms with van der Waals surface area (Å²) in [6.07, 6.45) is 3.00. The van der Waals surface area contributed by atoms with E-state index in [2.05, 4.69) is 10.6 Å². The number of methoxy groups -OCH3 is 1. The van der Waals surface area contributed by atoms with Gasteiger partial charge in [0.05, 0.1) is 7.11 Å². The van der Waals surface area contributed by atoms with Gasteiger partial charge in [-0.05, 0) is 43.5 Å². The highest BCUT2D eigenvalue weighted by Gasteiger charge is 2.31. The molecule has 1 aliphatic rings. The van der Waals surface area contributed by atoms with Crippen molar-refractivity contribution < 1.29 is 14.3 Å². The van der Waals surface area contributed by atoms with E-state index in [1.165, 1.54) is 0 Å². The Kier molecular flexibility index (Phi) is 8.57. The molecule has 7 heteroatoms. The Balaban J connectivity index is 0.00000288. The van der Waals surface area contributed by atoms with Gasteiger partial charge in [-0.3, -0.25) is 9.59 Å². The number of benzene rings is 1. The van der Waals surface area contributed by atoms with Crippen molar-refractivity contribution in [3.05, 3.63) is 29.8 Å². The fraction of sp³-hybridized carbons (Fsp3) is 0.529. The van der Waals surface area contributed by atoms with Crippen LogP contribution in [0.1, 0.15) is 29.6 Å². The van der Waals surface area contributed by atoms with E-state index in [0.717, 1.165) is 19.3 Å². The van der Waals surface area contributed by atoms with Crippen LogP contribution in [0.2, 0.25) is 0 Å². The summed E-state index contributed by atoms with van der Waals surface area (Å²) in [5.74, 6) is 0.822. The first-order valence-corrected chi connectivity index (χ1v) is 8.05. The molecule has 0 aromatic heterocycles. The van der Waals surface area contributed by atoms with Crippen LogP contribution < -0.4 is 21.1 Å².